The number of nitrogens with one attached hydrogen (secondary N) is 1. The molecule has 0 radical (unpaired) electrons. The van der Waals surface area contributed by atoms with Crippen LogP contribution in [0.15, 0.2) is 78.9 Å². The van der Waals surface area contributed by atoms with Gasteiger partial charge in [0.25, 0.3) is 5.91 Å². The zero-order valence-corrected chi connectivity index (χ0v) is 21.2. The highest BCUT2D eigenvalue weighted by Crippen LogP contribution is 2.19. The minimum atomic E-state index is -0.668. The lowest BCUT2D eigenvalue weighted by molar-refractivity contribution is -0.143. The molecule has 2 atom stereocenters. The van der Waals surface area contributed by atoms with Gasteiger partial charge in [-0.15, -0.1) is 0 Å². The molecule has 0 saturated heterocycles. The number of carbonyl (C=O) groups excluding carboxylic acids is 2. The van der Waals surface area contributed by atoms with Gasteiger partial charge in [-0.3, -0.25) is 9.59 Å². The lowest BCUT2D eigenvalue weighted by Crippen LogP contribution is -2.53. The monoisotopic (exact) mass is 472 g/mol. The van der Waals surface area contributed by atoms with E-state index in [0.717, 1.165) is 28.7 Å². The first-order valence-corrected chi connectivity index (χ1v) is 12.3. The van der Waals surface area contributed by atoms with E-state index in [0.29, 0.717) is 18.7 Å². The Morgan fingerprint density at radius 3 is 2.17 bits per heavy atom. The smallest absolute Gasteiger partial charge is 0.261 e. The third-order valence-corrected chi connectivity index (χ3v) is 6.32. The van der Waals surface area contributed by atoms with E-state index in [2.05, 4.69) is 5.32 Å². The molecular formula is C30H36N2O3. The second-order valence-corrected chi connectivity index (χ2v) is 9.03. The predicted octanol–water partition coefficient (Wildman–Crippen LogP) is 5.24. The molecule has 3 aromatic rings. The molecule has 3 rings (SSSR count). The van der Waals surface area contributed by atoms with Crippen LogP contribution in [0.1, 0.15) is 42.5 Å². The highest BCUT2D eigenvalue weighted by molar-refractivity contribution is 5.88. The minimum absolute atomic E-state index is 0.0133. The van der Waals surface area contributed by atoms with Crippen LogP contribution in [-0.4, -0.2) is 35.4 Å². The lowest BCUT2D eigenvalue weighted by atomic mass is 10.0. The van der Waals surface area contributed by atoms with Gasteiger partial charge in [-0.25, -0.2) is 0 Å². The fraction of sp³-hybridized carbons (Fsp3) is 0.333. The SMILES string of the molecule is CCC(C)NC(=O)C(Cc1ccccc1)N(Cc1ccccc1C)C(=O)COc1ccccc1C. The Kier molecular flexibility index (Phi) is 9.47. The first-order valence-electron chi connectivity index (χ1n) is 12.3. The molecule has 35 heavy (non-hydrogen) atoms. The van der Waals surface area contributed by atoms with E-state index in [1.54, 1.807) is 4.90 Å². The van der Waals surface area contributed by atoms with Crippen molar-refractivity contribution in [3.8, 4) is 5.75 Å². The van der Waals surface area contributed by atoms with Crippen LogP contribution < -0.4 is 10.1 Å². The number of carbonyl (C=O) groups is 2. The van der Waals surface area contributed by atoms with Gasteiger partial charge in [-0.1, -0.05) is 79.7 Å². The first-order chi connectivity index (χ1) is 16.9. The highest BCUT2D eigenvalue weighted by atomic mass is 16.5. The van der Waals surface area contributed by atoms with Crippen molar-refractivity contribution >= 4 is 11.8 Å². The Morgan fingerprint density at radius 1 is 0.886 bits per heavy atom. The zero-order chi connectivity index (χ0) is 25.2. The molecule has 0 aromatic heterocycles. The quantitative estimate of drug-likeness (QED) is 0.415. The maximum absolute atomic E-state index is 13.7. The van der Waals surface area contributed by atoms with Crippen LogP contribution in [0.25, 0.3) is 0 Å². The topological polar surface area (TPSA) is 58.6 Å². The number of benzene rings is 3. The molecule has 0 aliphatic heterocycles. The lowest BCUT2D eigenvalue weighted by Gasteiger charge is -2.32. The molecule has 0 aliphatic carbocycles. The standard InChI is InChI=1S/C30H36N2O3/c1-5-24(4)31-30(34)27(19-25-15-7-6-8-16-25)32(20-26-17-11-9-13-22(26)2)29(33)21-35-28-18-12-10-14-23(28)3/h6-18,24,27H,5,19-21H2,1-4H3,(H,31,34). The van der Waals surface area contributed by atoms with Crippen LogP contribution in [0.2, 0.25) is 0 Å². The molecule has 5 heteroatoms. The summed E-state index contributed by atoms with van der Waals surface area (Å²) >= 11 is 0. The van der Waals surface area contributed by atoms with Crippen molar-refractivity contribution in [2.24, 2.45) is 0 Å². The van der Waals surface area contributed by atoms with Gasteiger partial charge in [0.15, 0.2) is 6.61 Å². The van der Waals surface area contributed by atoms with Crippen LogP contribution in [0.5, 0.6) is 5.75 Å². The van der Waals surface area contributed by atoms with E-state index in [9.17, 15) is 9.59 Å². The van der Waals surface area contributed by atoms with Crippen molar-refractivity contribution in [1.29, 1.82) is 0 Å². The van der Waals surface area contributed by atoms with Crippen molar-refractivity contribution < 1.29 is 14.3 Å². The van der Waals surface area contributed by atoms with Crippen LogP contribution in [0.4, 0.5) is 0 Å². The third-order valence-electron chi connectivity index (χ3n) is 6.32. The largest absolute Gasteiger partial charge is 0.484 e. The number of aryl methyl sites for hydroxylation is 2. The van der Waals surface area contributed by atoms with Crippen molar-refractivity contribution in [1.82, 2.24) is 10.2 Å². The molecule has 184 valence electrons. The summed E-state index contributed by atoms with van der Waals surface area (Å²) in [5.41, 5.74) is 4.04. The summed E-state index contributed by atoms with van der Waals surface area (Å²) < 4.78 is 5.91. The third kappa shape index (κ3) is 7.44. The Bertz CT molecular complexity index is 1110. The number of ether oxygens (including phenoxy) is 1. The number of hydrogen-bond acceptors (Lipinski definition) is 3. The van der Waals surface area contributed by atoms with Crippen molar-refractivity contribution in [2.75, 3.05) is 6.61 Å². The van der Waals surface area contributed by atoms with Gasteiger partial charge < -0.3 is 15.0 Å². The van der Waals surface area contributed by atoms with Gasteiger partial charge in [-0.05, 0) is 55.5 Å². The Labute approximate surface area is 209 Å². The zero-order valence-electron chi connectivity index (χ0n) is 21.2. The summed E-state index contributed by atoms with van der Waals surface area (Å²) in [6, 6.07) is 24.8. The van der Waals surface area contributed by atoms with Crippen molar-refractivity contribution in [3.63, 3.8) is 0 Å². The molecule has 0 bridgehead atoms. The van der Waals surface area contributed by atoms with Crippen LogP contribution in [-0.2, 0) is 22.6 Å². The summed E-state index contributed by atoms with van der Waals surface area (Å²) in [5, 5.41) is 3.09. The molecule has 0 saturated carbocycles. The number of rotatable bonds is 11. The van der Waals surface area contributed by atoms with E-state index in [4.69, 9.17) is 4.74 Å². The highest BCUT2D eigenvalue weighted by Gasteiger charge is 2.31. The molecule has 0 spiro atoms. The number of nitrogens with zero attached hydrogens (tertiary/aromatic N) is 1. The molecule has 1 N–H and O–H groups in total. The normalized spacial score (nSPS) is 12.5. The van der Waals surface area contributed by atoms with Crippen molar-refractivity contribution in [2.45, 2.75) is 59.2 Å². The average Bonchev–Trinajstić information content (AvgIpc) is 2.87. The molecular weight excluding hydrogens is 436 g/mol. The fourth-order valence-electron chi connectivity index (χ4n) is 3.91. The summed E-state index contributed by atoms with van der Waals surface area (Å²) in [6.45, 7) is 8.17. The van der Waals surface area contributed by atoms with Gasteiger partial charge in [-0.2, -0.15) is 0 Å². The van der Waals surface area contributed by atoms with E-state index >= 15 is 0 Å². The van der Waals surface area contributed by atoms with E-state index < -0.39 is 6.04 Å². The fourth-order valence-corrected chi connectivity index (χ4v) is 3.91. The van der Waals surface area contributed by atoms with Gasteiger partial charge >= 0.3 is 0 Å². The predicted molar refractivity (Wildman–Crippen MR) is 140 cm³/mol. The van der Waals surface area contributed by atoms with E-state index in [1.165, 1.54) is 0 Å². The molecule has 2 amide bonds. The summed E-state index contributed by atoms with van der Waals surface area (Å²) in [4.78, 5) is 28.8. The van der Waals surface area contributed by atoms with Crippen molar-refractivity contribution in [3.05, 3.63) is 101 Å². The van der Waals surface area contributed by atoms with Gasteiger partial charge in [0.05, 0.1) is 0 Å². The van der Waals surface area contributed by atoms with Crippen LogP contribution in [0, 0.1) is 13.8 Å². The summed E-state index contributed by atoms with van der Waals surface area (Å²) in [6.07, 6.45) is 1.23. The second kappa shape index (κ2) is 12.7. The number of hydrogen-bond donors (Lipinski definition) is 1. The Balaban J connectivity index is 1.93. The molecule has 3 aromatic carbocycles. The maximum Gasteiger partial charge on any atom is 0.261 e. The van der Waals surface area contributed by atoms with Gasteiger partial charge in [0.1, 0.15) is 11.8 Å². The minimum Gasteiger partial charge on any atom is -0.484 e. The van der Waals surface area contributed by atoms with Crippen LogP contribution in [0.3, 0.4) is 0 Å². The first kappa shape index (κ1) is 26.0. The molecule has 2 unspecified atom stereocenters. The summed E-state index contributed by atoms with van der Waals surface area (Å²) in [7, 11) is 0. The number of para-hydroxylation sites is 1. The molecule has 0 fully saturated rings. The second-order valence-electron chi connectivity index (χ2n) is 9.03. The maximum atomic E-state index is 13.7. The average molecular weight is 473 g/mol. The van der Waals surface area contributed by atoms with Gasteiger partial charge in [0.2, 0.25) is 5.91 Å². The number of amides is 2. The Morgan fingerprint density at radius 2 is 1.51 bits per heavy atom. The molecule has 0 aliphatic rings. The van der Waals surface area contributed by atoms with E-state index in [-0.39, 0.29) is 24.5 Å². The molecule has 5 nitrogen and oxygen atoms in total. The summed E-state index contributed by atoms with van der Waals surface area (Å²) in [5.74, 6) is 0.290. The van der Waals surface area contributed by atoms with Crippen LogP contribution >= 0.6 is 0 Å². The Hall–Kier alpha value is -3.60. The van der Waals surface area contributed by atoms with E-state index in [1.807, 2.05) is 107 Å². The molecule has 0 heterocycles. The van der Waals surface area contributed by atoms with Gasteiger partial charge in [0, 0.05) is 19.0 Å².